The highest BCUT2D eigenvalue weighted by Gasteiger charge is 2.20. The van der Waals surface area contributed by atoms with E-state index in [0.717, 1.165) is 4.74 Å². The normalized spacial score (nSPS) is 12.6. The van der Waals surface area contributed by atoms with Crippen LogP contribution in [0.1, 0.15) is 26.3 Å². The van der Waals surface area contributed by atoms with Crippen LogP contribution in [-0.2, 0) is 0 Å². The van der Waals surface area contributed by atoms with Crippen molar-refractivity contribution in [2.75, 3.05) is 0 Å². The number of nitrogens with zero attached hydrogens (tertiary/aromatic N) is 2. The minimum Gasteiger partial charge on any atom is -0.623 e. The van der Waals surface area contributed by atoms with Crippen molar-refractivity contribution in [2.45, 2.75) is 26.3 Å². The first-order chi connectivity index (χ1) is 7.32. The summed E-state index contributed by atoms with van der Waals surface area (Å²) in [4.78, 5) is 10.2. The Kier molecular flexibility index (Phi) is 3.27. The molecule has 0 fully saturated rings. The minimum atomic E-state index is -0.607. The van der Waals surface area contributed by atoms with Crippen molar-refractivity contribution in [1.82, 2.24) is 0 Å². The molecule has 0 heterocycles. The Morgan fingerprint density at radius 1 is 1.19 bits per heavy atom. The Balaban J connectivity index is 3.20. The summed E-state index contributed by atoms with van der Waals surface area (Å²) in [6, 6.07) is 6.16. The van der Waals surface area contributed by atoms with E-state index in [0.29, 0.717) is 5.56 Å². The second-order valence-electron chi connectivity index (χ2n) is 4.44. The molecule has 0 aromatic heterocycles. The highest BCUT2D eigenvalue weighted by molar-refractivity contribution is 5.82. The van der Waals surface area contributed by atoms with Crippen LogP contribution in [0.25, 0.3) is 0 Å². The van der Waals surface area contributed by atoms with E-state index in [1.165, 1.54) is 12.3 Å². The van der Waals surface area contributed by atoms with E-state index in [-0.39, 0.29) is 5.69 Å². The van der Waals surface area contributed by atoms with Crippen LogP contribution in [0, 0.1) is 15.3 Å². The molecule has 0 bridgehead atoms. The Hall–Kier alpha value is -1.91. The Bertz CT molecular complexity index is 433. The number of rotatable bonds is 2. The predicted octanol–water partition coefficient (Wildman–Crippen LogP) is 2.32. The van der Waals surface area contributed by atoms with Crippen LogP contribution in [0.4, 0.5) is 5.69 Å². The molecule has 1 aromatic rings. The molecule has 1 aromatic carbocycles. The summed E-state index contributed by atoms with van der Waals surface area (Å²) in [7, 11) is 0. The molecule has 0 atom stereocenters. The predicted molar refractivity (Wildman–Crippen MR) is 61.6 cm³/mol. The average molecular weight is 222 g/mol. The fourth-order valence-electron chi connectivity index (χ4n) is 1.08. The largest absolute Gasteiger partial charge is 0.623 e. The number of hydroxylamine groups is 1. The van der Waals surface area contributed by atoms with Gasteiger partial charge in [0.15, 0.2) is 11.8 Å². The van der Waals surface area contributed by atoms with E-state index in [1.807, 2.05) is 0 Å². The molecule has 0 amide bonds. The lowest BCUT2D eigenvalue weighted by Crippen LogP contribution is -2.29. The van der Waals surface area contributed by atoms with E-state index in [9.17, 15) is 15.3 Å². The topological polar surface area (TPSA) is 69.2 Å². The van der Waals surface area contributed by atoms with Crippen molar-refractivity contribution >= 4 is 11.9 Å². The van der Waals surface area contributed by atoms with Gasteiger partial charge in [0.2, 0.25) is 0 Å². The van der Waals surface area contributed by atoms with Crippen LogP contribution in [0.5, 0.6) is 0 Å². The van der Waals surface area contributed by atoms with Crippen LogP contribution in [-0.4, -0.2) is 21.4 Å². The third kappa shape index (κ3) is 2.79. The molecule has 5 heteroatoms. The van der Waals surface area contributed by atoms with Crippen LogP contribution in [0.3, 0.4) is 0 Å². The molecule has 0 aliphatic heterocycles. The van der Waals surface area contributed by atoms with Gasteiger partial charge in [-0.25, -0.2) is 4.74 Å². The number of nitro groups is 1. The van der Waals surface area contributed by atoms with Crippen molar-refractivity contribution in [3.8, 4) is 0 Å². The van der Waals surface area contributed by atoms with Crippen molar-refractivity contribution in [1.29, 1.82) is 0 Å². The molecule has 0 saturated heterocycles. The number of hydrogen-bond donors (Lipinski definition) is 0. The molecule has 1 rings (SSSR count). The summed E-state index contributed by atoms with van der Waals surface area (Å²) in [6.45, 7) is 5.22. The first kappa shape index (κ1) is 12.2. The monoisotopic (exact) mass is 222 g/mol. The van der Waals surface area contributed by atoms with Crippen LogP contribution < -0.4 is 0 Å². The van der Waals surface area contributed by atoms with Crippen LogP contribution in [0.15, 0.2) is 24.3 Å². The molecule has 86 valence electrons. The maximum Gasteiger partial charge on any atom is 0.282 e. The number of hydrogen-bond acceptors (Lipinski definition) is 3. The van der Waals surface area contributed by atoms with E-state index in [2.05, 4.69) is 0 Å². The van der Waals surface area contributed by atoms with Crippen molar-refractivity contribution < 1.29 is 9.66 Å². The fraction of sp³-hybridized carbons (Fsp3) is 0.364. The summed E-state index contributed by atoms with van der Waals surface area (Å²) < 4.78 is 0.718. The standard InChI is InChI=1S/C11H14N2O3/c1-11(2,3)12(14)8-9-6-4-5-7-10(9)13(15)16/h4-8H,1-3H3. The maximum absolute atomic E-state index is 11.6. The summed E-state index contributed by atoms with van der Waals surface area (Å²) in [5.74, 6) is 0. The second kappa shape index (κ2) is 4.30. The van der Waals surface area contributed by atoms with Crippen molar-refractivity contribution in [3.63, 3.8) is 0 Å². The lowest BCUT2D eigenvalue weighted by atomic mass is 10.1. The van der Waals surface area contributed by atoms with Gasteiger partial charge in [0.1, 0.15) is 5.56 Å². The summed E-state index contributed by atoms with van der Waals surface area (Å²) in [6.07, 6.45) is 1.25. The van der Waals surface area contributed by atoms with Crippen molar-refractivity contribution in [2.24, 2.45) is 0 Å². The van der Waals surface area contributed by atoms with Crippen molar-refractivity contribution in [3.05, 3.63) is 45.2 Å². The number of benzene rings is 1. The first-order valence-electron chi connectivity index (χ1n) is 4.87. The molecule has 0 aliphatic rings. The van der Waals surface area contributed by atoms with Gasteiger partial charge in [-0.05, 0) is 6.07 Å². The molecule has 0 unspecified atom stereocenters. The Labute approximate surface area is 93.8 Å². The minimum absolute atomic E-state index is 0.0624. The van der Waals surface area contributed by atoms with E-state index >= 15 is 0 Å². The number of nitro benzene ring substituents is 1. The van der Waals surface area contributed by atoms with Gasteiger partial charge >= 0.3 is 0 Å². The van der Waals surface area contributed by atoms with E-state index < -0.39 is 10.5 Å². The van der Waals surface area contributed by atoms with Gasteiger partial charge in [-0.15, -0.1) is 0 Å². The smallest absolute Gasteiger partial charge is 0.282 e. The Morgan fingerprint density at radius 3 is 2.25 bits per heavy atom. The summed E-state index contributed by atoms with van der Waals surface area (Å²) in [5, 5.41) is 22.4. The highest BCUT2D eigenvalue weighted by atomic mass is 16.6. The molecular formula is C11H14N2O3. The van der Waals surface area contributed by atoms with Gasteiger partial charge in [-0.3, -0.25) is 10.1 Å². The average Bonchev–Trinajstić information content (AvgIpc) is 2.16. The zero-order valence-corrected chi connectivity index (χ0v) is 9.51. The molecule has 0 aliphatic carbocycles. The zero-order valence-electron chi connectivity index (χ0n) is 9.51. The molecule has 0 spiro atoms. The van der Waals surface area contributed by atoms with E-state index in [4.69, 9.17) is 0 Å². The first-order valence-corrected chi connectivity index (χ1v) is 4.87. The highest BCUT2D eigenvalue weighted by Crippen LogP contribution is 2.16. The second-order valence-corrected chi connectivity index (χ2v) is 4.44. The zero-order chi connectivity index (χ0) is 12.3. The molecular weight excluding hydrogens is 208 g/mol. The molecule has 5 nitrogen and oxygen atoms in total. The summed E-state index contributed by atoms with van der Waals surface area (Å²) in [5.41, 5.74) is -0.353. The van der Waals surface area contributed by atoms with Gasteiger partial charge in [0.05, 0.1) is 4.92 Å². The molecule has 0 radical (unpaired) electrons. The fourth-order valence-corrected chi connectivity index (χ4v) is 1.08. The quantitative estimate of drug-likeness (QED) is 0.253. The lowest BCUT2D eigenvalue weighted by molar-refractivity contribution is -0.530. The van der Waals surface area contributed by atoms with Gasteiger partial charge < -0.3 is 5.21 Å². The van der Waals surface area contributed by atoms with Gasteiger partial charge in [0.25, 0.3) is 5.69 Å². The third-order valence-corrected chi connectivity index (χ3v) is 2.05. The molecule has 0 saturated carbocycles. The van der Waals surface area contributed by atoms with Crippen LogP contribution >= 0.6 is 0 Å². The Morgan fingerprint density at radius 2 is 1.75 bits per heavy atom. The third-order valence-electron chi connectivity index (χ3n) is 2.05. The SMILES string of the molecule is CC(C)(C)[N+]([O-])=Cc1ccccc1[N+](=O)[O-]. The van der Waals surface area contributed by atoms with Gasteiger partial charge in [-0.1, -0.05) is 12.1 Å². The lowest BCUT2D eigenvalue weighted by Gasteiger charge is -2.18. The summed E-state index contributed by atoms with van der Waals surface area (Å²) >= 11 is 0. The van der Waals surface area contributed by atoms with E-state index in [1.54, 1.807) is 39.0 Å². The van der Waals surface area contributed by atoms with Gasteiger partial charge in [-0.2, -0.15) is 0 Å². The van der Waals surface area contributed by atoms with Gasteiger partial charge in [0, 0.05) is 26.8 Å². The number of para-hydroxylation sites is 1. The van der Waals surface area contributed by atoms with Crippen LogP contribution in [0.2, 0.25) is 0 Å². The molecule has 0 N–H and O–H groups in total. The maximum atomic E-state index is 11.6. The molecule has 16 heavy (non-hydrogen) atoms.